The summed E-state index contributed by atoms with van der Waals surface area (Å²) in [5.41, 5.74) is -0.0418. The minimum absolute atomic E-state index is 0.0356. The van der Waals surface area contributed by atoms with E-state index in [-0.39, 0.29) is 17.8 Å². The molecule has 0 aliphatic rings. The summed E-state index contributed by atoms with van der Waals surface area (Å²) in [6, 6.07) is 2.66. The maximum Gasteiger partial charge on any atom is 0.416 e. The Morgan fingerprint density at radius 1 is 1.38 bits per heavy atom. The number of nitrogens with two attached hydrogens (primary N) is 1. The lowest BCUT2D eigenvalue weighted by Gasteiger charge is -2.26. The Morgan fingerprint density at radius 3 is 2.38 bits per heavy atom. The first kappa shape index (κ1) is 17.3. The first-order valence-electron chi connectivity index (χ1n) is 6.11. The average molecular weight is 305 g/mol. The molecule has 0 fully saturated rings. The minimum Gasteiger partial charge on any atom is -0.389 e. The maximum absolute atomic E-state index is 12.7. The van der Waals surface area contributed by atoms with Crippen molar-refractivity contribution in [3.63, 3.8) is 0 Å². The number of amides is 1. The van der Waals surface area contributed by atoms with E-state index in [0.29, 0.717) is 0 Å². The van der Waals surface area contributed by atoms with Crippen LogP contribution in [0.4, 0.5) is 18.9 Å². The van der Waals surface area contributed by atoms with E-state index >= 15 is 0 Å². The topological polar surface area (TPSA) is 78.6 Å². The molecule has 0 saturated carbocycles. The van der Waals surface area contributed by atoms with Crippen LogP contribution in [-0.4, -0.2) is 35.1 Å². The van der Waals surface area contributed by atoms with Crippen LogP contribution in [0, 0.1) is 0 Å². The molecule has 4 N–H and O–H groups in total. The fourth-order valence-corrected chi connectivity index (χ4v) is 1.88. The zero-order valence-electron chi connectivity index (χ0n) is 12.0. The van der Waals surface area contributed by atoms with Crippen LogP contribution in [0.25, 0.3) is 0 Å². The summed E-state index contributed by atoms with van der Waals surface area (Å²) >= 11 is 0. The molecule has 1 amide bonds. The molecule has 0 aromatic heterocycles. The molecule has 0 atom stereocenters. The first-order chi connectivity index (χ1) is 9.45. The number of alkyl halides is 3. The van der Waals surface area contributed by atoms with Crippen LogP contribution in [-0.2, 0) is 6.18 Å². The van der Waals surface area contributed by atoms with Gasteiger partial charge in [0.05, 0.1) is 22.4 Å². The number of aliphatic hydroxyl groups is 1. The van der Waals surface area contributed by atoms with Gasteiger partial charge in [0.15, 0.2) is 0 Å². The van der Waals surface area contributed by atoms with Crippen LogP contribution in [0.5, 0.6) is 0 Å². The number of rotatable bonds is 4. The van der Waals surface area contributed by atoms with Crippen LogP contribution < -0.4 is 11.3 Å². The normalized spacial score (nSPS) is 12.2. The lowest BCUT2D eigenvalue weighted by molar-refractivity contribution is -0.137. The van der Waals surface area contributed by atoms with E-state index in [1.54, 1.807) is 0 Å². The molecule has 0 unspecified atom stereocenters. The highest BCUT2D eigenvalue weighted by molar-refractivity contribution is 5.99. The number of likely N-dealkylation sites (N-methyl/N-ethyl adjacent to an activating group) is 1. The fourth-order valence-electron chi connectivity index (χ4n) is 1.88. The van der Waals surface area contributed by atoms with Gasteiger partial charge >= 0.3 is 6.18 Å². The number of nitrogen functional groups attached to an aromatic ring is 1. The van der Waals surface area contributed by atoms with Crippen molar-refractivity contribution in [3.05, 3.63) is 29.3 Å². The van der Waals surface area contributed by atoms with Crippen molar-refractivity contribution in [2.45, 2.75) is 25.6 Å². The van der Waals surface area contributed by atoms with Crippen LogP contribution >= 0.6 is 0 Å². The largest absolute Gasteiger partial charge is 0.416 e. The maximum atomic E-state index is 12.7. The van der Waals surface area contributed by atoms with Crippen molar-refractivity contribution in [2.24, 2.45) is 5.84 Å². The summed E-state index contributed by atoms with van der Waals surface area (Å²) in [6.45, 7) is 2.95. The van der Waals surface area contributed by atoms with Crippen LogP contribution in [0.3, 0.4) is 0 Å². The predicted octanol–water partition coefficient (Wildman–Crippen LogP) is 1.83. The highest BCUT2D eigenvalue weighted by Gasteiger charge is 2.32. The second kappa shape index (κ2) is 5.90. The molecule has 0 saturated heterocycles. The second-order valence-electron chi connectivity index (χ2n) is 5.38. The number of halogens is 3. The molecule has 5 nitrogen and oxygen atoms in total. The number of hydrazine groups is 1. The number of hydrogen-bond donors (Lipinski definition) is 3. The monoisotopic (exact) mass is 305 g/mol. The quantitative estimate of drug-likeness (QED) is 0.586. The number of nitrogens with zero attached hydrogens (tertiary/aromatic N) is 1. The molecule has 0 bridgehead atoms. The Labute approximate surface area is 120 Å². The number of carbonyl (C=O) groups excluding carboxylic acids is 1. The van der Waals surface area contributed by atoms with Gasteiger partial charge in [0, 0.05) is 13.6 Å². The van der Waals surface area contributed by atoms with Gasteiger partial charge in [0.2, 0.25) is 0 Å². The van der Waals surface area contributed by atoms with Crippen molar-refractivity contribution >= 4 is 11.6 Å². The SMILES string of the molecule is CN(CC(C)(C)O)C(=O)c1cc(C(F)(F)F)ccc1NN. The van der Waals surface area contributed by atoms with Crippen LogP contribution in [0.2, 0.25) is 0 Å². The summed E-state index contributed by atoms with van der Waals surface area (Å²) in [7, 11) is 1.39. The Morgan fingerprint density at radius 2 is 1.95 bits per heavy atom. The van der Waals surface area contributed by atoms with Gasteiger partial charge in [0.1, 0.15) is 0 Å². The third kappa shape index (κ3) is 4.61. The van der Waals surface area contributed by atoms with Gasteiger partial charge in [-0.1, -0.05) is 0 Å². The molecule has 0 aliphatic heterocycles. The molecule has 21 heavy (non-hydrogen) atoms. The molecular formula is C13H18F3N3O2. The van der Waals surface area contributed by atoms with E-state index in [0.717, 1.165) is 23.1 Å². The molecule has 0 spiro atoms. The molecule has 8 heteroatoms. The van der Waals surface area contributed by atoms with Crippen molar-refractivity contribution < 1.29 is 23.1 Å². The fraction of sp³-hybridized carbons (Fsp3) is 0.462. The zero-order chi connectivity index (χ0) is 16.4. The first-order valence-corrected chi connectivity index (χ1v) is 6.11. The van der Waals surface area contributed by atoms with Gasteiger partial charge in [-0.05, 0) is 32.0 Å². The van der Waals surface area contributed by atoms with Gasteiger partial charge in [-0.25, -0.2) is 0 Å². The number of nitrogens with one attached hydrogen (secondary N) is 1. The smallest absolute Gasteiger partial charge is 0.389 e. The molecule has 0 heterocycles. The van der Waals surface area contributed by atoms with Gasteiger partial charge < -0.3 is 15.4 Å². The summed E-state index contributed by atoms with van der Waals surface area (Å²) in [4.78, 5) is 13.4. The third-order valence-electron chi connectivity index (χ3n) is 2.70. The van der Waals surface area contributed by atoms with Gasteiger partial charge in [0.25, 0.3) is 5.91 Å². The number of benzene rings is 1. The summed E-state index contributed by atoms with van der Waals surface area (Å²) in [5, 5.41) is 9.68. The molecular weight excluding hydrogens is 287 g/mol. The molecule has 1 aromatic carbocycles. The second-order valence-corrected chi connectivity index (χ2v) is 5.38. The van der Waals surface area contributed by atoms with Crippen molar-refractivity contribution in [1.82, 2.24) is 4.90 Å². The molecule has 0 aliphatic carbocycles. The molecule has 1 aromatic rings. The van der Waals surface area contributed by atoms with Gasteiger partial charge in [-0.15, -0.1) is 0 Å². The lowest BCUT2D eigenvalue weighted by atomic mass is 10.1. The van der Waals surface area contributed by atoms with E-state index < -0.39 is 23.2 Å². The van der Waals surface area contributed by atoms with E-state index in [1.165, 1.54) is 20.9 Å². The van der Waals surface area contributed by atoms with Crippen LogP contribution in [0.15, 0.2) is 18.2 Å². The van der Waals surface area contributed by atoms with Crippen molar-refractivity contribution in [1.29, 1.82) is 0 Å². The standard InChI is InChI=1S/C13H18F3N3O2/c1-12(2,21)7-19(3)11(20)9-6-8(13(14,15)16)4-5-10(9)18-17/h4-6,18,21H,7,17H2,1-3H3. The van der Waals surface area contributed by atoms with E-state index in [4.69, 9.17) is 5.84 Å². The summed E-state index contributed by atoms with van der Waals surface area (Å²) < 4.78 is 38.2. The third-order valence-corrected chi connectivity index (χ3v) is 2.70. The van der Waals surface area contributed by atoms with Crippen molar-refractivity contribution in [2.75, 3.05) is 19.0 Å². The Hall–Kier alpha value is -1.80. The van der Waals surface area contributed by atoms with Crippen molar-refractivity contribution in [3.8, 4) is 0 Å². The molecule has 0 radical (unpaired) electrons. The predicted molar refractivity (Wildman–Crippen MR) is 72.5 cm³/mol. The Kier molecular flexibility index (Phi) is 4.85. The van der Waals surface area contributed by atoms with E-state index in [9.17, 15) is 23.1 Å². The zero-order valence-corrected chi connectivity index (χ0v) is 12.0. The minimum atomic E-state index is -4.56. The van der Waals surface area contributed by atoms with Crippen LogP contribution in [0.1, 0.15) is 29.8 Å². The Balaban J connectivity index is 3.18. The highest BCUT2D eigenvalue weighted by atomic mass is 19.4. The Bertz CT molecular complexity index is 524. The van der Waals surface area contributed by atoms with E-state index in [1.807, 2.05) is 0 Å². The number of anilines is 1. The molecule has 1 rings (SSSR count). The summed E-state index contributed by atoms with van der Waals surface area (Å²) in [6.07, 6.45) is -4.56. The van der Waals surface area contributed by atoms with Gasteiger partial charge in [-0.2, -0.15) is 13.2 Å². The highest BCUT2D eigenvalue weighted by Crippen LogP contribution is 2.32. The lowest BCUT2D eigenvalue weighted by Crippen LogP contribution is -2.40. The average Bonchev–Trinajstić information content (AvgIpc) is 2.33. The summed E-state index contributed by atoms with van der Waals surface area (Å²) in [5.74, 6) is 4.55. The van der Waals surface area contributed by atoms with E-state index in [2.05, 4.69) is 5.43 Å². The molecule has 118 valence electrons. The number of hydrogen-bond acceptors (Lipinski definition) is 4. The number of carbonyl (C=O) groups is 1. The van der Waals surface area contributed by atoms with Gasteiger partial charge in [-0.3, -0.25) is 10.6 Å².